The topological polar surface area (TPSA) is 72.2 Å². The summed E-state index contributed by atoms with van der Waals surface area (Å²) >= 11 is 1.39. The molecule has 0 aliphatic rings. The Kier molecular flexibility index (Phi) is 5.88. The van der Waals surface area contributed by atoms with Gasteiger partial charge in [-0.25, -0.2) is 4.98 Å². The van der Waals surface area contributed by atoms with Crippen molar-refractivity contribution in [1.82, 2.24) is 19.6 Å². The average Bonchev–Trinajstić information content (AvgIpc) is 3.14. The van der Waals surface area contributed by atoms with Gasteiger partial charge in [-0.3, -0.25) is 4.79 Å². The van der Waals surface area contributed by atoms with Gasteiger partial charge in [0.15, 0.2) is 0 Å². The zero-order chi connectivity index (χ0) is 22.9. The van der Waals surface area contributed by atoms with Crippen molar-refractivity contribution in [3.8, 4) is 0 Å². The van der Waals surface area contributed by atoms with Crippen LogP contribution in [0.25, 0.3) is 5.78 Å². The number of nitrogens with zero attached hydrogens (tertiary/aromatic N) is 4. The Labute approximate surface area is 185 Å². The van der Waals surface area contributed by atoms with E-state index in [4.69, 9.17) is 0 Å². The number of aromatic nitrogens is 4. The minimum atomic E-state index is -4.45. The largest absolute Gasteiger partial charge is 0.416 e. The highest BCUT2D eigenvalue weighted by molar-refractivity contribution is 7.99. The molecule has 0 radical (unpaired) electrons. The molecule has 0 unspecified atom stereocenters. The molecule has 1 N–H and O–H groups in total. The summed E-state index contributed by atoms with van der Waals surface area (Å²) in [5, 5.41) is 7.96. The van der Waals surface area contributed by atoms with Crippen molar-refractivity contribution in [3.05, 3.63) is 77.2 Å². The van der Waals surface area contributed by atoms with Gasteiger partial charge in [-0.1, -0.05) is 30.8 Å². The van der Waals surface area contributed by atoms with Crippen LogP contribution < -0.4 is 5.32 Å². The molecule has 4 aromatic rings. The average molecular weight is 457 g/mol. The first kappa shape index (κ1) is 21.8. The van der Waals surface area contributed by atoms with Crippen molar-refractivity contribution in [2.24, 2.45) is 0 Å². The van der Waals surface area contributed by atoms with E-state index in [1.54, 1.807) is 23.6 Å². The van der Waals surface area contributed by atoms with Crippen molar-refractivity contribution in [2.45, 2.75) is 36.4 Å². The molecule has 0 saturated heterocycles. The van der Waals surface area contributed by atoms with E-state index in [1.165, 1.54) is 11.8 Å². The molecule has 32 heavy (non-hydrogen) atoms. The van der Waals surface area contributed by atoms with Crippen molar-refractivity contribution in [1.29, 1.82) is 0 Å². The van der Waals surface area contributed by atoms with Crippen LogP contribution in [0.3, 0.4) is 0 Å². The predicted molar refractivity (Wildman–Crippen MR) is 115 cm³/mol. The van der Waals surface area contributed by atoms with E-state index in [0.29, 0.717) is 17.3 Å². The van der Waals surface area contributed by atoms with E-state index >= 15 is 0 Å². The summed E-state index contributed by atoms with van der Waals surface area (Å²) in [4.78, 5) is 22.2. The molecule has 2 aromatic carbocycles. The lowest BCUT2D eigenvalue weighted by atomic mass is 10.1. The highest BCUT2D eigenvalue weighted by Gasteiger charge is 2.30. The van der Waals surface area contributed by atoms with E-state index in [9.17, 15) is 18.0 Å². The van der Waals surface area contributed by atoms with Gasteiger partial charge in [-0.2, -0.15) is 22.7 Å². The van der Waals surface area contributed by atoms with E-state index in [-0.39, 0.29) is 5.56 Å². The van der Waals surface area contributed by atoms with Crippen LogP contribution in [0.5, 0.6) is 0 Å². The van der Waals surface area contributed by atoms with Gasteiger partial charge in [0.1, 0.15) is 10.9 Å². The van der Waals surface area contributed by atoms with E-state index in [1.807, 2.05) is 25.1 Å². The molecule has 1 amide bonds. The second-order valence-electron chi connectivity index (χ2n) is 6.94. The van der Waals surface area contributed by atoms with Gasteiger partial charge in [-0.05, 0) is 55.8 Å². The number of carbonyl (C=O) groups is 1. The van der Waals surface area contributed by atoms with Gasteiger partial charge < -0.3 is 5.32 Å². The fourth-order valence-electron chi connectivity index (χ4n) is 3.02. The fourth-order valence-corrected chi connectivity index (χ4v) is 4.02. The number of hydrogen-bond donors (Lipinski definition) is 1. The monoisotopic (exact) mass is 457 g/mol. The van der Waals surface area contributed by atoms with Crippen LogP contribution in [0.2, 0.25) is 0 Å². The Hall–Kier alpha value is -3.40. The lowest BCUT2D eigenvalue weighted by Crippen LogP contribution is -2.13. The first-order valence-corrected chi connectivity index (χ1v) is 10.5. The van der Waals surface area contributed by atoms with Gasteiger partial charge in [0, 0.05) is 16.2 Å². The van der Waals surface area contributed by atoms with Crippen molar-refractivity contribution in [3.63, 3.8) is 0 Å². The maximum absolute atomic E-state index is 12.8. The summed E-state index contributed by atoms with van der Waals surface area (Å²) in [5.41, 5.74) is 0.715. The molecule has 0 fully saturated rings. The number of rotatable bonds is 5. The van der Waals surface area contributed by atoms with Gasteiger partial charge in [0.05, 0.1) is 11.3 Å². The fraction of sp³-hybridized carbons (Fsp3) is 0.182. The van der Waals surface area contributed by atoms with Crippen molar-refractivity contribution < 1.29 is 18.0 Å². The van der Waals surface area contributed by atoms with Gasteiger partial charge >= 0.3 is 6.18 Å². The predicted octanol–water partition coefficient (Wildman–Crippen LogP) is 5.42. The SMILES string of the molecule is CCc1cc(Sc2ccccc2NC(=O)c2ccc(C(F)(F)F)cc2)n2nc(C)nc2n1. The summed E-state index contributed by atoms with van der Waals surface area (Å²) in [7, 11) is 0. The normalized spacial score (nSPS) is 11.7. The standard InChI is InChI=1S/C22H18F3N5OS/c1-3-16-12-19(30-21(27-16)26-13(2)29-30)32-18-7-5-4-6-17(18)28-20(31)14-8-10-15(11-9-14)22(23,24)25/h4-12H,3H2,1-2H3,(H,28,31). The quantitative estimate of drug-likeness (QED) is 0.405. The molecule has 6 nitrogen and oxygen atoms in total. The van der Waals surface area contributed by atoms with Crippen LogP contribution in [0.1, 0.15) is 34.4 Å². The molecule has 2 aromatic heterocycles. The summed E-state index contributed by atoms with van der Waals surface area (Å²) in [5.74, 6) is 0.588. The molecule has 2 heterocycles. The lowest BCUT2D eigenvalue weighted by molar-refractivity contribution is -0.137. The Morgan fingerprint density at radius 3 is 2.50 bits per heavy atom. The number of hydrogen-bond acceptors (Lipinski definition) is 5. The van der Waals surface area contributed by atoms with Crippen LogP contribution in [0.4, 0.5) is 18.9 Å². The van der Waals surface area contributed by atoms with Crippen LogP contribution in [-0.2, 0) is 12.6 Å². The minimum absolute atomic E-state index is 0.129. The summed E-state index contributed by atoms with van der Waals surface area (Å²) in [6.07, 6.45) is -3.73. The third-order valence-electron chi connectivity index (χ3n) is 4.62. The molecule has 10 heteroatoms. The Morgan fingerprint density at radius 2 is 1.81 bits per heavy atom. The number of anilines is 1. The Morgan fingerprint density at radius 1 is 1.09 bits per heavy atom. The maximum atomic E-state index is 12.8. The molecule has 0 bridgehead atoms. The lowest BCUT2D eigenvalue weighted by Gasteiger charge is -2.12. The summed E-state index contributed by atoms with van der Waals surface area (Å²) < 4.78 is 40.0. The number of amides is 1. The van der Waals surface area contributed by atoms with E-state index < -0.39 is 17.6 Å². The zero-order valence-electron chi connectivity index (χ0n) is 17.1. The number of carbonyl (C=O) groups excluding carboxylic acids is 1. The molecule has 164 valence electrons. The smallest absolute Gasteiger partial charge is 0.321 e. The van der Waals surface area contributed by atoms with Crippen molar-refractivity contribution in [2.75, 3.05) is 5.32 Å². The number of halogens is 3. The number of nitrogens with one attached hydrogen (secondary N) is 1. The summed E-state index contributed by atoms with van der Waals surface area (Å²) in [6, 6.07) is 13.2. The molecule has 0 spiro atoms. The first-order valence-electron chi connectivity index (χ1n) is 9.73. The highest BCUT2D eigenvalue weighted by Crippen LogP contribution is 2.34. The molecular weight excluding hydrogens is 439 g/mol. The molecule has 0 atom stereocenters. The summed E-state index contributed by atoms with van der Waals surface area (Å²) in [6.45, 7) is 3.78. The second kappa shape index (κ2) is 8.62. The van der Waals surface area contributed by atoms with Crippen LogP contribution in [0.15, 0.2) is 64.5 Å². The molecule has 0 saturated carbocycles. The van der Waals surface area contributed by atoms with E-state index in [0.717, 1.165) is 46.3 Å². The van der Waals surface area contributed by atoms with Crippen molar-refractivity contribution >= 4 is 29.1 Å². The maximum Gasteiger partial charge on any atom is 0.416 e. The molecule has 0 aliphatic heterocycles. The number of para-hydroxylation sites is 1. The molecule has 4 rings (SSSR count). The van der Waals surface area contributed by atoms with Crippen LogP contribution >= 0.6 is 11.8 Å². The minimum Gasteiger partial charge on any atom is -0.321 e. The number of fused-ring (bicyclic) bond motifs is 1. The highest BCUT2D eigenvalue weighted by atomic mass is 32.2. The second-order valence-corrected chi connectivity index (χ2v) is 8.00. The number of aryl methyl sites for hydroxylation is 2. The van der Waals surface area contributed by atoms with Gasteiger partial charge in [-0.15, -0.1) is 5.10 Å². The van der Waals surface area contributed by atoms with E-state index in [2.05, 4.69) is 20.4 Å². The molecular formula is C22H18F3N5OS. The van der Waals surface area contributed by atoms with Gasteiger partial charge in [0.25, 0.3) is 11.7 Å². The number of alkyl halides is 3. The number of benzene rings is 2. The Bertz CT molecular complexity index is 1290. The van der Waals surface area contributed by atoms with Gasteiger partial charge in [0.2, 0.25) is 0 Å². The first-order chi connectivity index (χ1) is 15.2. The van der Waals surface area contributed by atoms with Crippen LogP contribution in [0, 0.1) is 6.92 Å². The third-order valence-corrected chi connectivity index (χ3v) is 5.70. The van der Waals surface area contributed by atoms with Crippen LogP contribution in [-0.4, -0.2) is 25.5 Å². The third kappa shape index (κ3) is 4.59. The zero-order valence-corrected chi connectivity index (χ0v) is 18.0. The molecule has 0 aliphatic carbocycles. The Balaban J connectivity index is 1.61.